The lowest BCUT2D eigenvalue weighted by atomic mass is 10.3. The number of nitrogens with zero attached hydrogens (tertiary/aromatic N) is 4. The number of rotatable bonds is 8. The van der Waals surface area contributed by atoms with E-state index in [9.17, 15) is 4.79 Å². The van der Waals surface area contributed by atoms with E-state index in [0.29, 0.717) is 24.7 Å². The van der Waals surface area contributed by atoms with Crippen molar-refractivity contribution in [1.29, 1.82) is 0 Å². The van der Waals surface area contributed by atoms with Gasteiger partial charge in [-0.25, -0.2) is 14.8 Å². The van der Waals surface area contributed by atoms with Crippen LogP contribution in [0, 0.1) is 0 Å². The van der Waals surface area contributed by atoms with Crippen LogP contribution < -0.4 is 15.0 Å². The molecule has 0 bridgehead atoms. The smallest absolute Gasteiger partial charge is 0.411 e. The Bertz CT molecular complexity index is 736. The summed E-state index contributed by atoms with van der Waals surface area (Å²) in [4.78, 5) is 25.1. The second-order valence-electron chi connectivity index (χ2n) is 6.42. The zero-order valence-electron chi connectivity index (χ0n) is 16.2. The molecule has 0 radical (unpaired) electrons. The number of hydrogen-bond donors (Lipinski definition) is 1. The molecule has 3 rings (SSSR count). The van der Waals surface area contributed by atoms with Gasteiger partial charge in [-0.2, -0.15) is 0 Å². The number of ether oxygens (including phenoxy) is 2. The average Bonchev–Trinajstić information content (AvgIpc) is 2.74. The van der Waals surface area contributed by atoms with Crippen molar-refractivity contribution < 1.29 is 14.3 Å². The van der Waals surface area contributed by atoms with Crippen LogP contribution in [0.2, 0.25) is 0 Å². The van der Waals surface area contributed by atoms with Crippen LogP contribution in [0.25, 0.3) is 0 Å². The van der Waals surface area contributed by atoms with Crippen molar-refractivity contribution in [3.8, 4) is 5.75 Å². The Morgan fingerprint density at radius 2 is 1.86 bits per heavy atom. The molecule has 1 aromatic carbocycles. The second-order valence-corrected chi connectivity index (χ2v) is 6.42. The maximum absolute atomic E-state index is 12.0. The van der Waals surface area contributed by atoms with Crippen LogP contribution >= 0.6 is 0 Å². The predicted octanol–water partition coefficient (Wildman–Crippen LogP) is 2.64. The van der Waals surface area contributed by atoms with Crippen molar-refractivity contribution in [3.63, 3.8) is 0 Å². The number of carbonyl (C=O) groups excluding carboxylic acids is 1. The number of hydrogen-bond acceptors (Lipinski definition) is 7. The number of aromatic nitrogens is 2. The summed E-state index contributed by atoms with van der Waals surface area (Å²) < 4.78 is 10.8. The third-order valence-corrected chi connectivity index (χ3v) is 4.48. The van der Waals surface area contributed by atoms with Gasteiger partial charge in [0.2, 0.25) is 5.95 Å². The Morgan fingerprint density at radius 3 is 2.61 bits per heavy atom. The van der Waals surface area contributed by atoms with Crippen LogP contribution in [-0.4, -0.2) is 66.9 Å². The van der Waals surface area contributed by atoms with E-state index in [1.165, 1.54) is 0 Å². The first-order valence-corrected chi connectivity index (χ1v) is 9.66. The first kappa shape index (κ1) is 19.9. The summed E-state index contributed by atoms with van der Waals surface area (Å²) in [5.74, 6) is 1.43. The maximum atomic E-state index is 12.0. The number of carbonyl (C=O) groups is 1. The van der Waals surface area contributed by atoms with Crippen molar-refractivity contribution in [1.82, 2.24) is 14.9 Å². The van der Waals surface area contributed by atoms with Crippen LogP contribution in [0.4, 0.5) is 16.4 Å². The van der Waals surface area contributed by atoms with Gasteiger partial charge >= 0.3 is 6.09 Å². The SMILES string of the molecule is CCOc1ccccc1NC(=O)OCCCN1CCN(c2ncccn2)CC1. The highest BCUT2D eigenvalue weighted by molar-refractivity contribution is 5.86. The summed E-state index contributed by atoms with van der Waals surface area (Å²) in [5, 5.41) is 2.74. The van der Waals surface area contributed by atoms with Crippen molar-refractivity contribution in [2.75, 3.05) is 56.2 Å². The number of nitrogens with one attached hydrogen (secondary N) is 1. The van der Waals surface area contributed by atoms with Crippen molar-refractivity contribution in [3.05, 3.63) is 42.7 Å². The molecule has 1 aliphatic rings. The molecule has 1 aliphatic heterocycles. The first-order valence-electron chi connectivity index (χ1n) is 9.66. The van der Waals surface area contributed by atoms with Gasteiger partial charge in [0.1, 0.15) is 5.75 Å². The zero-order valence-corrected chi connectivity index (χ0v) is 16.2. The molecule has 8 nitrogen and oxygen atoms in total. The largest absolute Gasteiger partial charge is 0.492 e. The molecule has 2 aromatic rings. The summed E-state index contributed by atoms with van der Waals surface area (Å²) in [5.41, 5.74) is 0.619. The number of benzene rings is 1. The Labute approximate surface area is 165 Å². The highest BCUT2D eigenvalue weighted by Gasteiger charge is 2.18. The number of anilines is 2. The molecule has 0 atom stereocenters. The molecule has 2 heterocycles. The lowest BCUT2D eigenvalue weighted by Crippen LogP contribution is -2.47. The molecule has 0 saturated carbocycles. The van der Waals surface area contributed by atoms with Gasteiger partial charge in [0.25, 0.3) is 0 Å². The van der Waals surface area contributed by atoms with Gasteiger partial charge < -0.3 is 14.4 Å². The third kappa shape index (κ3) is 5.82. The van der Waals surface area contributed by atoms with Crippen LogP contribution in [0.1, 0.15) is 13.3 Å². The molecule has 8 heteroatoms. The maximum Gasteiger partial charge on any atom is 0.411 e. The quantitative estimate of drug-likeness (QED) is 0.700. The topological polar surface area (TPSA) is 79.8 Å². The Hall–Kier alpha value is -2.87. The number of amides is 1. The molecule has 0 aliphatic carbocycles. The molecular weight excluding hydrogens is 358 g/mol. The van der Waals surface area contributed by atoms with E-state index in [-0.39, 0.29) is 0 Å². The molecule has 1 aromatic heterocycles. The predicted molar refractivity (Wildman–Crippen MR) is 108 cm³/mol. The summed E-state index contributed by atoms with van der Waals surface area (Å²) in [7, 11) is 0. The fourth-order valence-corrected chi connectivity index (χ4v) is 3.08. The lowest BCUT2D eigenvalue weighted by Gasteiger charge is -2.34. The van der Waals surface area contributed by atoms with E-state index >= 15 is 0 Å². The zero-order chi connectivity index (χ0) is 19.6. The average molecular weight is 385 g/mol. The van der Waals surface area contributed by atoms with E-state index < -0.39 is 6.09 Å². The van der Waals surface area contributed by atoms with Crippen LogP contribution in [0.5, 0.6) is 5.75 Å². The van der Waals surface area contributed by atoms with Crippen LogP contribution in [0.15, 0.2) is 42.7 Å². The molecule has 1 N–H and O–H groups in total. The highest BCUT2D eigenvalue weighted by atomic mass is 16.5. The van der Waals surface area contributed by atoms with Gasteiger partial charge in [0.15, 0.2) is 0 Å². The Kier molecular flexibility index (Phi) is 7.43. The van der Waals surface area contributed by atoms with Crippen molar-refractivity contribution in [2.45, 2.75) is 13.3 Å². The minimum absolute atomic E-state index is 0.380. The second kappa shape index (κ2) is 10.5. The van der Waals surface area contributed by atoms with Gasteiger partial charge in [-0.05, 0) is 31.5 Å². The Morgan fingerprint density at radius 1 is 1.11 bits per heavy atom. The molecule has 28 heavy (non-hydrogen) atoms. The van der Waals surface area contributed by atoms with Gasteiger partial charge in [-0.1, -0.05) is 12.1 Å². The molecular formula is C20H27N5O3. The molecule has 0 unspecified atom stereocenters. The molecule has 150 valence electrons. The van der Waals surface area contributed by atoms with Crippen molar-refractivity contribution >= 4 is 17.7 Å². The summed E-state index contributed by atoms with van der Waals surface area (Å²) in [6.45, 7) is 7.42. The van der Waals surface area contributed by atoms with Gasteiger partial charge in [-0.15, -0.1) is 0 Å². The summed E-state index contributed by atoms with van der Waals surface area (Å²) >= 11 is 0. The standard InChI is InChI=1S/C20H27N5O3/c1-2-27-18-8-4-3-7-17(18)23-20(26)28-16-6-11-24-12-14-25(15-13-24)19-21-9-5-10-22-19/h3-5,7-10H,2,6,11-16H2,1H3,(H,23,26). The van der Waals surface area contributed by atoms with Crippen LogP contribution in [0.3, 0.4) is 0 Å². The van der Waals surface area contributed by atoms with Gasteiger partial charge in [0, 0.05) is 45.1 Å². The van der Waals surface area contributed by atoms with Crippen molar-refractivity contribution in [2.24, 2.45) is 0 Å². The first-order chi connectivity index (χ1) is 13.8. The fraction of sp³-hybridized carbons (Fsp3) is 0.450. The molecule has 1 amide bonds. The highest BCUT2D eigenvalue weighted by Crippen LogP contribution is 2.23. The minimum Gasteiger partial charge on any atom is -0.492 e. The monoisotopic (exact) mass is 385 g/mol. The summed E-state index contributed by atoms with van der Waals surface area (Å²) in [6, 6.07) is 9.15. The molecule has 1 saturated heterocycles. The summed E-state index contributed by atoms with van der Waals surface area (Å²) in [6.07, 6.45) is 3.87. The van der Waals surface area contributed by atoms with Crippen LogP contribution in [-0.2, 0) is 4.74 Å². The number of piperazine rings is 1. The minimum atomic E-state index is -0.460. The van der Waals surface area contributed by atoms with E-state index in [1.54, 1.807) is 18.5 Å². The lowest BCUT2D eigenvalue weighted by molar-refractivity contribution is 0.150. The Balaban J connectivity index is 1.32. The van der Waals surface area contributed by atoms with Gasteiger partial charge in [-0.3, -0.25) is 10.2 Å². The fourth-order valence-electron chi connectivity index (χ4n) is 3.08. The van der Waals surface area contributed by atoms with Gasteiger partial charge in [0.05, 0.1) is 18.9 Å². The van der Waals surface area contributed by atoms with E-state index in [4.69, 9.17) is 9.47 Å². The molecule has 1 fully saturated rings. The molecule has 0 spiro atoms. The third-order valence-electron chi connectivity index (χ3n) is 4.48. The van der Waals surface area contributed by atoms with E-state index in [0.717, 1.165) is 45.1 Å². The van der Waals surface area contributed by atoms with E-state index in [2.05, 4.69) is 25.1 Å². The van der Waals surface area contributed by atoms with E-state index in [1.807, 2.05) is 31.2 Å². The normalized spacial score (nSPS) is 14.5. The number of para-hydroxylation sites is 2.